The lowest BCUT2D eigenvalue weighted by Gasteiger charge is -2.41. The van der Waals surface area contributed by atoms with E-state index in [1.165, 1.54) is 12.0 Å². The number of rotatable bonds is 3. The molecule has 34 heavy (non-hydrogen) atoms. The molecule has 0 radical (unpaired) electrons. The van der Waals surface area contributed by atoms with Gasteiger partial charge in [-0.1, -0.05) is 78.9 Å². The number of carbonyl (C=O) groups is 2. The van der Waals surface area contributed by atoms with Crippen molar-refractivity contribution in [3.8, 4) is 11.1 Å². The molecule has 3 aromatic rings. The number of aliphatic hydroxyl groups is 1. The van der Waals surface area contributed by atoms with E-state index >= 15 is 0 Å². The highest BCUT2D eigenvalue weighted by Gasteiger charge is 2.53. The van der Waals surface area contributed by atoms with Gasteiger partial charge < -0.3 is 14.6 Å². The van der Waals surface area contributed by atoms with Crippen LogP contribution >= 0.6 is 0 Å². The van der Waals surface area contributed by atoms with Gasteiger partial charge in [-0.25, -0.2) is 9.59 Å². The number of carbonyl (C=O) groups excluding carboxylic acids is 2. The second kappa shape index (κ2) is 8.95. The Labute approximate surface area is 199 Å². The van der Waals surface area contributed by atoms with Crippen LogP contribution in [-0.4, -0.2) is 34.8 Å². The van der Waals surface area contributed by atoms with Crippen molar-refractivity contribution in [2.24, 2.45) is 0 Å². The van der Waals surface area contributed by atoms with Crippen LogP contribution in [0.3, 0.4) is 0 Å². The molecule has 2 unspecified atom stereocenters. The third-order valence-electron chi connectivity index (χ3n) is 5.95. The maximum atomic E-state index is 13.6. The Kier molecular flexibility index (Phi) is 6.19. The molecule has 0 aliphatic carbocycles. The minimum atomic E-state index is -2.19. The molecule has 0 saturated heterocycles. The lowest BCUT2D eigenvalue weighted by atomic mass is 9.79. The van der Waals surface area contributed by atoms with Gasteiger partial charge in [0.2, 0.25) is 5.60 Å². The minimum absolute atomic E-state index is 0.135. The van der Waals surface area contributed by atoms with Crippen LogP contribution in [0.15, 0.2) is 78.9 Å². The molecular formula is C28H29NO5. The third-order valence-corrected chi connectivity index (χ3v) is 5.95. The zero-order valence-corrected chi connectivity index (χ0v) is 19.8. The first kappa shape index (κ1) is 23.5. The first-order chi connectivity index (χ1) is 16.2. The minimum Gasteiger partial charge on any atom is -0.467 e. The quantitative estimate of drug-likeness (QED) is 0.545. The Bertz CT molecular complexity index is 1200. The van der Waals surface area contributed by atoms with E-state index in [1.807, 2.05) is 48.5 Å². The van der Waals surface area contributed by atoms with Crippen LogP contribution in [-0.2, 0) is 26.4 Å². The summed E-state index contributed by atoms with van der Waals surface area (Å²) in [5.41, 5.74) is 0.607. The molecule has 4 rings (SSSR count). The molecule has 1 N–H and O–H groups in total. The molecule has 176 valence electrons. The molecule has 0 saturated carbocycles. The van der Waals surface area contributed by atoms with Crippen molar-refractivity contribution in [2.75, 3.05) is 7.11 Å². The second-order valence-corrected chi connectivity index (χ2v) is 9.38. The summed E-state index contributed by atoms with van der Waals surface area (Å²) >= 11 is 0. The molecule has 1 aliphatic rings. The lowest BCUT2D eigenvalue weighted by molar-refractivity contribution is -0.173. The fraction of sp³-hybridized carbons (Fsp3) is 0.286. The smallest absolute Gasteiger partial charge is 0.411 e. The van der Waals surface area contributed by atoms with Crippen molar-refractivity contribution >= 4 is 12.1 Å². The van der Waals surface area contributed by atoms with Gasteiger partial charge >= 0.3 is 12.1 Å². The maximum Gasteiger partial charge on any atom is 0.411 e. The third kappa shape index (κ3) is 4.17. The van der Waals surface area contributed by atoms with Crippen molar-refractivity contribution in [2.45, 2.75) is 44.6 Å². The number of fused-ring (bicyclic) bond motifs is 3. The molecule has 0 bridgehead atoms. The number of hydrogen-bond acceptors (Lipinski definition) is 5. The highest BCUT2D eigenvalue weighted by molar-refractivity contribution is 5.86. The van der Waals surface area contributed by atoms with Crippen molar-refractivity contribution in [3.05, 3.63) is 95.6 Å². The monoisotopic (exact) mass is 459 g/mol. The van der Waals surface area contributed by atoms with E-state index < -0.39 is 29.3 Å². The number of hydrogen-bond donors (Lipinski definition) is 1. The van der Waals surface area contributed by atoms with Crippen LogP contribution in [0.2, 0.25) is 0 Å². The summed E-state index contributed by atoms with van der Waals surface area (Å²) in [6, 6.07) is 22.7. The van der Waals surface area contributed by atoms with Crippen molar-refractivity contribution < 1.29 is 24.2 Å². The number of amides is 1. The van der Waals surface area contributed by atoms with Gasteiger partial charge in [0.25, 0.3) is 0 Å². The summed E-state index contributed by atoms with van der Waals surface area (Å²) in [5.74, 6) is -0.863. The Hall–Kier alpha value is -3.64. The molecule has 1 heterocycles. The predicted octanol–water partition coefficient (Wildman–Crippen LogP) is 5.21. The van der Waals surface area contributed by atoms with Gasteiger partial charge in [0, 0.05) is 0 Å². The molecule has 1 aliphatic heterocycles. The fourth-order valence-corrected chi connectivity index (χ4v) is 4.52. The molecule has 6 heteroatoms. The van der Waals surface area contributed by atoms with Crippen LogP contribution in [0, 0.1) is 0 Å². The van der Waals surface area contributed by atoms with Crippen molar-refractivity contribution in [3.63, 3.8) is 0 Å². The van der Waals surface area contributed by atoms with E-state index in [0.717, 1.165) is 16.7 Å². The van der Waals surface area contributed by atoms with Gasteiger partial charge in [-0.3, -0.25) is 4.90 Å². The summed E-state index contributed by atoms with van der Waals surface area (Å²) in [6.45, 7) is 5.48. The predicted molar refractivity (Wildman–Crippen MR) is 129 cm³/mol. The first-order valence-electron chi connectivity index (χ1n) is 11.2. The standard InChI is InChI=1S/C28H29NO5/c1-27(2,3)34-26(31)29-18-19-12-8-9-15-21(19)22-16-10-11-17-23(22)24(29)28(32,25(30)33-4)20-13-6-5-7-14-20/h5-17,24,32H,18H2,1-4H3. The van der Waals surface area contributed by atoms with Crippen LogP contribution in [0.25, 0.3) is 11.1 Å². The lowest BCUT2D eigenvalue weighted by Crippen LogP contribution is -2.52. The molecule has 1 amide bonds. The van der Waals surface area contributed by atoms with Crippen molar-refractivity contribution in [1.29, 1.82) is 0 Å². The van der Waals surface area contributed by atoms with E-state index in [2.05, 4.69) is 0 Å². The molecular weight excluding hydrogens is 430 g/mol. The van der Waals surface area contributed by atoms with Crippen LogP contribution in [0.1, 0.15) is 43.5 Å². The number of benzene rings is 3. The van der Waals surface area contributed by atoms with Crippen molar-refractivity contribution in [1.82, 2.24) is 4.90 Å². The Morgan fingerprint density at radius 2 is 1.47 bits per heavy atom. The van der Waals surface area contributed by atoms with E-state index in [4.69, 9.17) is 9.47 Å². The summed E-state index contributed by atoms with van der Waals surface area (Å²) < 4.78 is 10.9. The summed E-state index contributed by atoms with van der Waals surface area (Å²) in [7, 11) is 1.23. The summed E-state index contributed by atoms with van der Waals surface area (Å²) in [6.07, 6.45) is -0.637. The molecule has 6 nitrogen and oxygen atoms in total. The van der Waals surface area contributed by atoms with Gasteiger partial charge in [0.1, 0.15) is 11.6 Å². The fourth-order valence-electron chi connectivity index (χ4n) is 4.52. The zero-order chi connectivity index (χ0) is 24.5. The normalized spacial score (nSPS) is 17.0. The van der Waals surface area contributed by atoms with Gasteiger partial charge in [0.15, 0.2) is 0 Å². The average molecular weight is 460 g/mol. The second-order valence-electron chi connectivity index (χ2n) is 9.38. The topological polar surface area (TPSA) is 76.1 Å². The van der Waals surface area contributed by atoms with E-state index in [1.54, 1.807) is 51.1 Å². The summed E-state index contributed by atoms with van der Waals surface area (Å²) in [5, 5.41) is 12.2. The SMILES string of the molecule is COC(=O)C(O)(c1ccccc1)C1c2ccccc2-c2ccccc2CN1C(=O)OC(C)(C)C. The number of nitrogens with zero attached hydrogens (tertiary/aromatic N) is 1. The Balaban J connectivity index is 2.03. The summed E-state index contributed by atoms with van der Waals surface area (Å²) in [4.78, 5) is 28.4. The van der Waals surface area contributed by atoms with E-state index in [9.17, 15) is 14.7 Å². The van der Waals surface area contributed by atoms with Gasteiger partial charge in [0.05, 0.1) is 13.7 Å². The largest absolute Gasteiger partial charge is 0.467 e. The molecule has 3 aromatic carbocycles. The average Bonchev–Trinajstić information content (AvgIpc) is 2.97. The Morgan fingerprint density at radius 3 is 2.12 bits per heavy atom. The number of esters is 1. The zero-order valence-electron chi connectivity index (χ0n) is 19.8. The molecule has 0 aromatic heterocycles. The highest BCUT2D eigenvalue weighted by Crippen LogP contribution is 2.47. The first-order valence-corrected chi connectivity index (χ1v) is 11.2. The molecule has 2 atom stereocenters. The maximum absolute atomic E-state index is 13.6. The number of methoxy groups -OCH3 is 1. The van der Waals surface area contributed by atoms with Crippen LogP contribution in [0.4, 0.5) is 4.79 Å². The van der Waals surface area contributed by atoms with E-state index in [0.29, 0.717) is 11.1 Å². The van der Waals surface area contributed by atoms with Gasteiger partial charge in [-0.2, -0.15) is 0 Å². The molecule has 0 spiro atoms. The van der Waals surface area contributed by atoms with Gasteiger partial charge in [-0.05, 0) is 48.6 Å². The van der Waals surface area contributed by atoms with E-state index in [-0.39, 0.29) is 6.54 Å². The van der Waals surface area contributed by atoms with Crippen LogP contribution < -0.4 is 0 Å². The highest BCUT2D eigenvalue weighted by atomic mass is 16.6. The number of ether oxygens (including phenoxy) is 2. The Morgan fingerprint density at radius 1 is 0.882 bits per heavy atom. The van der Waals surface area contributed by atoms with Gasteiger partial charge in [-0.15, -0.1) is 0 Å². The molecule has 0 fully saturated rings. The van der Waals surface area contributed by atoms with Crippen LogP contribution in [0.5, 0.6) is 0 Å².